The second-order valence-corrected chi connectivity index (χ2v) is 5.68. The molecule has 0 aromatic heterocycles. The van der Waals surface area contributed by atoms with Crippen molar-refractivity contribution in [2.24, 2.45) is 11.3 Å². The van der Waals surface area contributed by atoms with Crippen LogP contribution in [0.4, 0.5) is 5.69 Å². The summed E-state index contributed by atoms with van der Waals surface area (Å²) in [7, 11) is 0. The van der Waals surface area contributed by atoms with Gasteiger partial charge in [0.05, 0.1) is 11.6 Å². The van der Waals surface area contributed by atoms with E-state index in [1.807, 2.05) is 0 Å². The lowest BCUT2D eigenvalue weighted by Gasteiger charge is -2.23. The molecule has 19 heavy (non-hydrogen) atoms. The highest BCUT2D eigenvalue weighted by atomic mass is 35.5. The average molecular weight is 280 g/mol. The number of carbonyl (C=O) groups excluding carboxylic acids is 3. The van der Waals surface area contributed by atoms with E-state index in [0.717, 1.165) is 11.2 Å². The third-order valence-corrected chi connectivity index (χ3v) is 3.65. The number of imide groups is 1. The smallest absolute Gasteiger partial charge is 0.238 e. The predicted molar refractivity (Wildman–Crippen MR) is 71.9 cm³/mol. The number of amides is 2. The molecule has 0 radical (unpaired) electrons. The van der Waals surface area contributed by atoms with Crippen LogP contribution in [-0.2, 0) is 14.4 Å². The average Bonchev–Trinajstić information content (AvgIpc) is 2.65. The van der Waals surface area contributed by atoms with Gasteiger partial charge in [-0.1, -0.05) is 31.5 Å². The number of carbonyl (C=O) groups is 3. The van der Waals surface area contributed by atoms with Gasteiger partial charge in [-0.3, -0.25) is 14.5 Å². The van der Waals surface area contributed by atoms with Crippen LogP contribution in [0.5, 0.6) is 0 Å². The van der Waals surface area contributed by atoms with E-state index in [0.29, 0.717) is 10.7 Å². The molecule has 100 valence electrons. The molecule has 4 nitrogen and oxygen atoms in total. The maximum absolute atomic E-state index is 12.3. The van der Waals surface area contributed by atoms with Crippen LogP contribution in [0, 0.1) is 11.3 Å². The van der Waals surface area contributed by atoms with Crippen molar-refractivity contribution in [2.75, 3.05) is 4.90 Å². The molecule has 0 aliphatic carbocycles. The van der Waals surface area contributed by atoms with Gasteiger partial charge in [-0.15, -0.1) is 0 Å². The van der Waals surface area contributed by atoms with E-state index in [1.165, 1.54) is 0 Å². The largest absolute Gasteiger partial charge is 0.303 e. The minimum Gasteiger partial charge on any atom is -0.303 e. The van der Waals surface area contributed by atoms with E-state index in [4.69, 9.17) is 11.6 Å². The molecule has 0 spiro atoms. The highest BCUT2D eigenvalue weighted by Gasteiger charge is 2.47. The van der Waals surface area contributed by atoms with Gasteiger partial charge < -0.3 is 4.79 Å². The van der Waals surface area contributed by atoms with Gasteiger partial charge in [-0.2, -0.15) is 0 Å². The Labute approximate surface area is 116 Å². The van der Waals surface area contributed by atoms with Gasteiger partial charge in [0.2, 0.25) is 11.8 Å². The topological polar surface area (TPSA) is 54.5 Å². The lowest BCUT2D eigenvalue weighted by molar-refractivity contribution is -0.129. The molecule has 1 atom stereocenters. The molecule has 1 fully saturated rings. The van der Waals surface area contributed by atoms with E-state index in [-0.39, 0.29) is 18.2 Å². The molecule has 2 rings (SSSR count). The van der Waals surface area contributed by atoms with Gasteiger partial charge in [0, 0.05) is 16.9 Å². The van der Waals surface area contributed by atoms with Crippen LogP contribution in [0.1, 0.15) is 20.3 Å². The first-order chi connectivity index (χ1) is 8.86. The van der Waals surface area contributed by atoms with E-state index in [2.05, 4.69) is 0 Å². The molecule has 5 heteroatoms. The van der Waals surface area contributed by atoms with E-state index >= 15 is 0 Å². The Bertz CT molecular complexity index is 553. The fourth-order valence-corrected chi connectivity index (χ4v) is 2.37. The zero-order chi connectivity index (χ0) is 14.2. The minimum absolute atomic E-state index is 0.0527. The van der Waals surface area contributed by atoms with Gasteiger partial charge in [0.1, 0.15) is 6.29 Å². The van der Waals surface area contributed by atoms with E-state index in [1.54, 1.807) is 38.1 Å². The molecule has 1 aliphatic rings. The Balaban J connectivity index is 2.37. The van der Waals surface area contributed by atoms with Crippen LogP contribution in [0.3, 0.4) is 0 Å². The Morgan fingerprint density at radius 1 is 1.37 bits per heavy atom. The monoisotopic (exact) mass is 279 g/mol. The van der Waals surface area contributed by atoms with Gasteiger partial charge >= 0.3 is 0 Å². The number of aldehydes is 1. The predicted octanol–water partition coefficient (Wildman–Crippen LogP) is 2.44. The fraction of sp³-hybridized carbons (Fsp3) is 0.357. The summed E-state index contributed by atoms with van der Waals surface area (Å²) in [5, 5.41) is 0.455. The van der Waals surface area contributed by atoms with Crippen LogP contribution in [0.15, 0.2) is 24.3 Å². The lowest BCUT2D eigenvalue weighted by atomic mass is 9.79. The quantitative estimate of drug-likeness (QED) is 0.631. The molecule has 1 aliphatic heterocycles. The Hall–Kier alpha value is -1.68. The zero-order valence-electron chi connectivity index (χ0n) is 10.7. The van der Waals surface area contributed by atoms with Crippen molar-refractivity contribution in [3.8, 4) is 0 Å². The molecule has 0 saturated carbocycles. The number of hydrogen-bond acceptors (Lipinski definition) is 3. The first-order valence-corrected chi connectivity index (χ1v) is 6.33. The Morgan fingerprint density at radius 2 is 2.05 bits per heavy atom. The van der Waals surface area contributed by atoms with Crippen molar-refractivity contribution in [2.45, 2.75) is 20.3 Å². The van der Waals surface area contributed by atoms with E-state index in [9.17, 15) is 14.4 Å². The third kappa shape index (κ3) is 2.40. The normalized spacial score (nSPS) is 19.9. The van der Waals surface area contributed by atoms with Crippen molar-refractivity contribution in [3.63, 3.8) is 0 Å². The van der Waals surface area contributed by atoms with Gasteiger partial charge in [-0.05, 0) is 18.2 Å². The summed E-state index contributed by atoms with van der Waals surface area (Å²) in [6.45, 7) is 3.33. The van der Waals surface area contributed by atoms with Crippen molar-refractivity contribution in [1.82, 2.24) is 0 Å². The van der Waals surface area contributed by atoms with Crippen LogP contribution >= 0.6 is 11.6 Å². The summed E-state index contributed by atoms with van der Waals surface area (Å²) in [5.74, 6) is -1.26. The molecule has 1 aromatic carbocycles. The maximum atomic E-state index is 12.3. The molecule has 2 amide bonds. The van der Waals surface area contributed by atoms with Crippen molar-refractivity contribution in [1.29, 1.82) is 0 Å². The Morgan fingerprint density at radius 3 is 2.63 bits per heavy atom. The molecule has 1 aromatic rings. The number of rotatable bonds is 3. The van der Waals surface area contributed by atoms with Crippen LogP contribution in [0.2, 0.25) is 5.02 Å². The molecule has 0 unspecified atom stereocenters. The van der Waals surface area contributed by atoms with Crippen molar-refractivity contribution >= 4 is 35.4 Å². The summed E-state index contributed by atoms with van der Waals surface area (Å²) >= 11 is 5.87. The van der Waals surface area contributed by atoms with Crippen molar-refractivity contribution in [3.05, 3.63) is 29.3 Å². The molecular weight excluding hydrogens is 266 g/mol. The second-order valence-electron chi connectivity index (χ2n) is 5.24. The standard InChI is InChI=1S/C14H14ClNO3/c1-14(2,8-17)11-7-12(18)16(13(11)19)10-5-3-4-9(15)6-10/h3-6,8,11H,7H2,1-2H3/t11-/m0/s1. The molecule has 1 saturated heterocycles. The Kier molecular flexibility index (Phi) is 3.45. The van der Waals surface area contributed by atoms with Crippen LogP contribution in [0.25, 0.3) is 0 Å². The first-order valence-electron chi connectivity index (χ1n) is 5.95. The van der Waals surface area contributed by atoms with Crippen LogP contribution in [-0.4, -0.2) is 18.1 Å². The first kappa shape index (κ1) is 13.7. The summed E-state index contributed by atoms with van der Waals surface area (Å²) < 4.78 is 0. The summed E-state index contributed by atoms with van der Waals surface area (Å²) in [4.78, 5) is 36.5. The highest BCUT2D eigenvalue weighted by molar-refractivity contribution is 6.31. The second kappa shape index (κ2) is 4.78. The van der Waals surface area contributed by atoms with Crippen molar-refractivity contribution < 1.29 is 14.4 Å². The van der Waals surface area contributed by atoms with Crippen LogP contribution < -0.4 is 4.90 Å². The maximum Gasteiger partial charge on any atom is 0.238 e. The molecule has 1 heterocycles. The number of nitrogens with zero attached hydrogens (tertiary/aromatic N) is 1. The lowest BCUT2D eigenvalue weighted by Crippen LogP contribution is -2.35. The zero-order valence-corrected chi connectivity index (χ0v) is 11.5. The molecular formula is C14H14ClNO3. The SMILES string of the molecule is CC(C)(C=O)[C@H]1CC(=O)N(c2cccc(Cl)c2)C1=O. The number of halogens is 1. The number of hydrogen-bond donors (Lipinski definition) is 0. The summed E-state index contributed by atoms with van der Waals surface area (Å²) in [6, 6.07) is 6.56. The number of benzene rings is 1. The molecule has 0 bridgehead atoms. The fourth-order valence-electron chi connectivity index (χ4n) is 2.18. The van der Waals surface area contributed by atoms with E-state index < -0.39 is 11.3 Å². The summed E-state index contributed by atoms with van der Waals surface area (Å²) in [5.41, 5.74) is -0.397. The van der Waals surface area contributed by atoms with Gasteiger partial charge in [0.15, 0.2) is 0 Å². The van der Waals surface area contributed by atoms with Gasteiger partial charge in [0.25, 0.3) is 0 Å². The van der Waals surface area contributed by atoms with Gasteiger partial charge in [-0.25, -0.2) is 0 Å². The minimum atomic E-state index is -0.847. The third-order valence-electron chi connectivity index (χ3n) is 3.41. The number of anilines is 1. The molecule has 0 N–H and O–H groups in total. The highest BCUT2D eigenvalue weighted by Crippen LogP contribution is 2.37. The summed E-state index contributed by atoms with van der Waals surface area (Å²) in [6.07, 6.45) is 0.779.